The Morgan fingerprint density at radius 3 is 2.32 bits per heavy atom. The highest BCUT2D eigenvalue weighted by molar-refractivity contribution is 9.10. The molecule has 0 amide bonds. The van der Waals surface area contributed by atoms with E-state index in [-0.39, 0.29) is 11.5 Å². The molecule has 102 valence electrons. The van der Waals surface area contributed by atoms with Crippen LogP contribution in [0, 0.1) is 0 Å². The molecule has 3 heteroatoms. The highest BCUT2D eigenvalue weighted by Gasteiger charge is 2.14. The van der Waals surface area contributed by atoms with Gasteiger partial charge in [-0.05, 0) is 45.0 Å². The van der Waals surface area contributed by atoms with E-state index in [2.05, 4.69) is 72.4 Å². The highest BCUT2D eigenvalue weighted by Crippen LogP contribution is 2.27. The van der Waals surface area contributed by atoms with Gasteiger partial charge in [0.1, 0.15) is 0 Å². The van der Waals surface area contributed by atoms with Crippen molar-refractivity contribution in [2.24, 2.45) is 5.73 Å². The summed E-state index contributed by atoms with van der Waals surface area (Å²) in [4.78, 5) is 1.23. The minimum absolute atomic E-state index is 0.0804. The molecule has 1 nitrogen and oxygen atoms in total. The summed E-state index contributed by atoms with van der Waals surface area (Å²) in [7, 11) is 0. The Morgan fingerprint density at radius 1 is 1.21 bits per heavy atom. The second-order valence-electron chi connectivity index (χ2n) is 5.92. The Kier molecular flexibility index (Phi) is 4.49. The zero-order valence-electron chi connectivity index (χ0n) is 11.6. The fourth-order valence-electron chi connectivity index (χ4n) is 2.02. The van der Waals surface area contributed by atoms with E-state index < -0.39 is 0 Å². The molecule has 0 aliphatic carbocycles. The third kappa shape index (κ3) is 3.91. The third-order valence-corrected chi connectivity index (χ3v) is 5.05. The lowest BCUT2D eigenvalue weighted by Gasteiger charge is -2.19. The summed E-state index contributed by atoms with van der Waals surface area (Å²) < 4.78 is 1.12. The van der Waals surface area contributed by atoms with Crippen LogP contribution in [0.15, 0.2) is 40.2 Å². The van der Waals surface area contributed by atoms with Crippen LogP contribution in [-0.4, -0.2) is 0 Å². The van der Waals surface area contributed by atoms with Crippen molar-refractivity contribution in [1.82, 2.24) is 0 Å². The fourth-order valence-corrected chi connectivity index (χ4v) is 3.47. The summed E-state index contributed by atoms with van der Waals surface area (Å²) in [6, 6.07) is 11.0. The molecule has 1 atom stereocenters. The lowest BCUT2D eigenvalue weighted by molar-refractivity contribution is 0.589. The molecule has 1 unspecified atom stereocenters. The van der Waals surface area contributed by atoms with Crippen molar-refractivity contribution in [2.75, 3.05) is 0 Å². The van der Waals surface area contributed by atoms with Gasteiger partial charge in [0.2, 0.25) is 0 Å². The van der Waals surface area contributed by atoms with E-state index in [4.69, 9.17) is 5.73 Å². The maximum atomic E-state index is 6.25. The second kappa shape index (κ2) is 5.78. The number of thiophene rings is 1. The number of halogens is 1. The number of rotatable bonds is 3. The molecule has 2 N–H and O–H groups in total. The summed E-state index contributed by atoms with van der Waals surface area (Å²) in [6.45, 7) is 6.70. The molecule has 0 radical (unpaired) electrons. The van der Waals surface area contributed by atoms with E-state index in [9.17, 15) is 0 Å². The molecular weight excluding hydrogens is 318 g/mol. The van der Waals surface area contributed by atoms with Crippen molar-refractivity contribution in [1.29, 1.82) is 0 Å². The molecule has 2 aromatic rings. The smallest absolute Gasteiger partial charge is 0.0431 e. The molecular formula is C16H20BrNS. The normalized spacial score (nSPS) is 13.5. The first-order valence-electron chi connectivity index (χ1n) is 6.45. The first kappa shape index (κ1) is 14.8. The van der Waals surface area contributed by atoms with E-state index in [1.54, 1.807) is 11.3 Å². The van der Waals surface area contributed by atoms with Gasteiger partial charge in [-0.25, -0.2) is 0 Å². The number of nitrogens with two attached hydrogens (primary N) is 1. The summed E-state index contributed by atoms with van der Waals surface area (Å²) in [5.74, 6) is 0. The molecule has 0 aliphatic rings. The topological polar surface area (TPSA) is 26.0 Å². The molecule has 1 aromatic heterocycles. The van der Waals surface area contributed by atoms with Gasteiger partial charge < -0.3 is 5.73 Å². The van der Waals surface area contributed by atoms with E-state index in [1.165, 1.54) is 16.0 Å². The standard InChI is InChI=1S/C16H20BrNS/c1-16(2,3)12-6-4-11(5-7-12)8-14(18)15-9-13(17)10-19-15/h4-7,9-10,14H,8,18H2,1-3H3. The van der Waals surface area contributed by atoms with E-state index in [0.29, 0.717) is 0 Å². The maximum absolute atomic E-state index is 6.25. The average molecular weight is 338 g/mol. The zero-order chi connectivity index (χ0) is 14.0. The Labute approximate surface area is 128 Å². The van der Waals surface area contributed by atoms with Crippen molar-refractivity contribution in [3.8, 4) is 0 Å². The van der Waals surface area contributed by atoms with Crippen LogP contribution in [0.3, 0.4) is 0 Å². The molecule has 1 heterocycles. The Hall–Kier alpha value is -0.640. The number of hydrogen-bond acceptors (Lipinski definition) is 2. The minimum atomic E-state index is 0.0804. The zero-order valence-corrected chi connectivity index (χ0v) is 14.0. The Balaban J connectivity index is 2.07. The highest BCUT2D eigenvalue weighted by atomic mass is 79.9. The third-order valence-electron chi connectivity index (χ3n) is 3.23. The molecule has 0 aliphatic heterocycles. The predicted molar refractivity (Wildman–Crippen MR) is 87.8 cm³/mol. The van der Waals surface area contributed by atoms with Crippen LogP contribution < -0.4 is 5.73 Å². The lowest BCUT2D eigenvalue weighted by Crippen LogP contribution is -2.13. The minimum Gasteiger partial charge on any atom is -0.323 e. The van der Waals surface area contributed by atoms with Gasteiger partial charge in [-0.1, -0.05) is 45.0 Å². The fraction of sp³-hybridized carbons (Fsp3) is 0.375. The molecule has 0 spiro atoms. The van der Waals surface area contributed by atoms with Crippen molar-refractivity contribution in [3.63, 3.8) is 0 Å². The molecule has 0 bridgehead atoms. The summed E-state index contributed by atoms with van der Waals surface area (Å²) >= 11 is 5.18. The van der Waals surface area contributed by atoms with Gasteiger partial charge in [-0.15, -0.1) is 11.3 Å². The van der Waals surface area contributed by atoms with Crippen molar-refractivity contribution >= 4 is 27.3 Å². The van der Waals surface area contributed by atoms with E-state index >= 15 is 0 Å². The van der Waals surface area contributed by atoms with Crippen molar-refractivity contribution in [3.05, 3.63) is 56.2 Å². The van der Waals surface area contributed by atoms with Crippen LogP contribution in [0.2, 0.25) is 0 Å². The van der Waals surface area contributed by atoms with Crippen LogP contribution >= 0.6 is 27.3 Å². The Morgan fingerprint density at radius 2 is 1.84 bits per heavy atom. The SMILES string of the molecule is CC(C)(C)c1ccc(CC(N)c2cc(Br)cs2)cc1. The molecule has 0 fully saturated rings. The van der Waals surface area contributed by atoms with Gasteiger partial charge in [-0.2, -0.15) is 0 Å². The van der Waals surface area contributed by atoms with Gasteiger partial charge >= 0.3 is 0 Å². The van der Waals surface area contributed by atoms with Gasteiger partial charge in [0, 0.05) is 20.8 Å². The van der Waals surface area contributed by atoms with Gasteiger partial charge in [-0.3, -0.25) is 0 Å². The van der Waals surface area contributed by atoms with Gasteiger partial charge in [0.25, 0.3) is 0 Å². The maximum Gasteiger partial charge on any atom is 0.0431 e. The van der Waals surface area contributed by atoms with Crippen LogP contribution in [0.5, 0.6) is 0 Å². The van der Waals surface area contributed by atoms with E-state index in [1.807, 2.05) is 0 Å². The number of hydrogen-bond donors (Lipinski definition) is 1. The van der Waals surface area contributed by atoms with Crippen molar-refractivity contribution in [2.45, 2.75) is 38.6 Å². The molecule has 2 rings (SSSR count). The molecule has 19 heavy (non-hydrogen) atoms. The number of benzene rings is 1. The monoisotopic (exact) mass is 337 g/mol. The van der Waals surface area contributed by atoms with Crippen molar-refractivity contribution < 1.29 is 0 Å². The first-order valence-corrected chi connectivity index (χ1v) is 8.12. The van der Waals surface area contributed by atoms with Crippen LogP contribution in [0.1, 0.15) is 42.8 Å². The largest absolute Gasteiger partial charge is 0.323 e. The molecule has 0 saturated heterocycles. The Bertz CT molecular complexity index is 537. The van der Waals surface area contributed by atoms with Gasteiger partial charge in [0.15, 0.2) is 0 Å². The van der Waals surface area contributed by atoms with Crippen LogP contribution in [0.25, 0.3) is 0 Å². The summed E-state index contributed by atoms with van der Waals surface area (Å²) in [6.07, 6.45) is 0.886. The molecule has 0 saturated carbocycles. The summed E-state index contributed by atoms with van der Waals surface area (Å²) in [5, 5.41) is 2.08. The first-order chi connectivity index (χ1) is 8.86. The predicted octanol–water partition coefficient (Wildman–Crippen LogP) is 5.05. The lowest BCUT2D eigenvalue weighted by atomic mass is 9.86. The quantitative estimate of drug-likeness (QED) is 0.833. The second-order valence-corrected chi connectivity index (χ2v) is 7.78. The van der Waals surface area contributed by atoms with Crippen LogP contribution in [-0.2, 0) is 11.8 Å². The van der Waals surface area contributed by atoms with Crippen LogP contribution in [0.4, 0.5) is 0 Å². The van der Waals surface area contributed by atoms with E-state index in [0.717, 1.165) is 10.9 Å². The molecule has 1 aromatic carbocycles. The summed E-state index contributed by atoms with van der Waals surface area (Å²) in [5.41, 5.74) is 9.12. The average Bonchev–Trinajstić information content (AvgIpc) is 2.75. The van der Waals surface area contributed by atoms with Gasteiger partial charge in [0.05, 0.1) is 0 Å².